The van der Waals surface area contributed by atoms with Crippen molar-refractivity contribution in [2.24, 2.45) is 0 Å². The van der Waals surface area contributed by atoms with E-state index in [4.69, 9.17) is 0 Å². The second-order valence-electron chi connectivity index (χ2n) is 9.81. The van der Waals surface area contributed by atoms with Crippen LogP contribution in [0.4, 0.5) is 0 Å². The van der Waals surface area contributed by atoms with Crippen LogP contribution in [0.25, 0.3) is 22.3 Å². The Kier molecular flexibility index (Phi) is 5.99. The predicted octanol–water partition coefficient (Wildman–Crippen LogP) is 11.2. The maximum atomic E-state index is 3.80. The van der Waals surface area contributed by atoms with E-state index >= 15 is 0 Å². The molecule has 4 aromatic carbocycles. The van der Waals surface area contributed by atoms with Crippen molar-refractivity contribution in [2.45, 2.75) is 43.9 Å². The second kappa shape index (κ2) is 8.68. The van der Waals surface area contributed by atoms with Crippen molar-refractivity contribution in [3.63, 3.8) is 0 Å². The van der Waals surface area contributed by atoms with Gasteiger partial charge in [0.05, 0.1) is 0 Å². The van der Waals surface area contributed by atoms with Crippen LogP contribution in [-0.4, -0.2) is 0 Å². The minimum Gasteiger partial charge on any atom is -0.0642 e. The van der Waals surface area contributed by atoms with Gasteiger partial charge in [-0.3, -0.25) is 0 Å². The summed E-state index contributed by atoms with van der Waals surface area (Å²) in [6.07, 6.45) is 3.09. The molecule has 0 unspecified atom stereocenters. The lowest BCUT2D eigenvalue weighted by Crippen LogP contribution is -2.37. The van der Waals surface area contributed by atoms with E-state index in [1.165, 1.54) is 44.5 Å². The molecule has 4 aromatic rings. The van der Waals surface area contributed by atoms with Crippen LogP contribution in [-0.2, 0) is 10.8 Å². The molecule has 0 fully saturated rings. The fourth-order valence-electron chi connectivity index (χ4n) is 6.79. The first-order valence-corrected chi connectivity index (χ1v) is 15.2. The zero-order chi connectivity index (χ0) is 24.5. The first kappa shape index (κ1) is 24.2. The van der Waals surface area contributed by atoms with Gasteiger partial charge in [0, 0.05) is 28.7 Å². The van der Waals surface area contributed by atoms with E-state index in [1.54, 1.807) is 0 Å². The summed E-state index contributed by atoms with van der Waals surface area (Å²) in [4.78, 5) is 0. The molecule has 0 nitrogen and oxygen atoms in total. The van der Waals surface area contributed by atoms with Crippen LogP contribution in [0.1, 0.15) is 55.4 Å². The Balaban J connectivity index is 1.67. The van der Waals surface area contributed by atoms with E-state index in [1.807, 2.05) is 0 Å². The lowest BCUT2D eigenvalue weighted by Gasteiger charge is -2.42. The van der Waals surface area contributed by atoms with Crippen molar-refractivity contribution in [3.05, 3.63) is 113 Å². The molecule has 0 radical (unpaired) electrons. The smallest absolute Gasteiger partial charge is 0.0225 e. The number of rotatable bonds is 4. The molecule has 0 aliphatic heterocycles. The zero-order valence-corrected chi connectivity index (χ0v) is 25.9. The molecule has 0 bridgehead atoms. The van der Waals surface area contributed by atoms with Gasteiger partial charge in [0.2, 0.25) is 0 Å². The normalized spacial score (nSPS) is 15.9. The summed E-state index contributed by atoms with van der Waals surface area (Å²) < 4.78 is 4.57. The van der Waals surface area contributed by atoms with Gasteiger partial charge in [-0.05, 0) is 112 Å². The topological polar surface area (TPSA) is 0 Å². The first-order valence-electron chi connectivity index (χ1n) is 12.0. The van der Waals surface area contributed by atoms with Gasteiger partial charge in [0.15, 0.2) is 0 Å². The fourth-order valence-corrected chi connectivity index (χ4v) is 8.23. The molecule has 4 heteroatoms. The summed E-state index contributed by atoms with van der Waals surface area (Å²) in [6.45, 7) is 4.73. The van der Waals surface area contributed by atoms with E-state index in [9.17, 15) is 0 Å². The maximum Gasteiger partial charge on any atom is 0.0225 e. The van der Waals surface area contributed by atoms with Gasteiger partial charge in [-0.2, -0.15) is 0 Å². The van der Waals surface area contributed by atoms with Crippen molar-refractivity contribution in [1.82, 2.24) is 0 Å². The zero-order valence-electron chi connectivity index (χ0n) is 19.6. The van der Waals surface area contributed by atoms with Crippen molar-refractivity contribution < 1.29 is 0 Å². The highest BCUT2D eigenvalue weighted by molar-refractivity contribution is 9.11. The molecule has 0 saturated heterocycles. The van der Waals surface area contributed by atoms with Gasteiger partial charge >= 0.3 is 0 Å². The Morgan fingerprint density at radius 3 is 0.943 bits per heavy atom. The second-order valence-corrected chi connectivity index (χ2v) is 13.5. The summed E-state index contributed by atoms with van der Waals surface area (Å²) >= 11 is 15.2. The Bertz CT molecular complexity index is 1280. The third kappa shape index (κ3) is 3.46. The van der Waals surface area contributed by atoms with Crippen LogP contribution in [0, 0.1) is 0 Å². The van der Waals surface area contributed by atoms with Crippen molar-refractivity contribution in [1.29, 1.82) is 0 Å². The average Bonchev–Trinajstić information content (AvgIpc) is 3.25. The molecule has 6 rings (SSSR count). The summed E-state index contributed by atoms with van der Waals surface area (Å²) in [6, 6.07) is 27.4. The molecule has 0 amide bonds. The molecule has 0 N–H and O–H groups in total. The average molecular weight is 716 g/mol. The molecular weight excluding hydrogens is 692 g/mol. The van der Waals surface area contributed by atoms with Gasteiger partial charge in [-0.25, -0.2) is 0 Å². The number of hydrogen-bond acceptors (Lipinski definition) is 0. The molecule has 0 saturated carbocycles. The molecule has 0 spiro atoms. The summed E-state index contributed by atoms with van der Waals surface area (Å²) in [7, 11) is 0. The summed E-state index contributed by atoms with van der Waals surface area (Å²) in [5.74, 6) is 0. The van der Waals surface area contributed by atoms with Crippen LogP contribution >= 0.6 is 63.7 Å². The Morgan fingerprint density at radius 1 is 0.457 bits per heavy atom. The van der Waals surface area contributed by atoms with Gasteiger partial charge in [0.1, 0.15) is 0 Å². The molecule has 35 heavy (non-hydrogen) atoms. The number of hydrogen-bond donors (Lipinski definition) is 0. The third-order valence-corrected chi connectivity index (χ3v) is 10.4. The van der Waals surface area contributed by atoms with E-state index in [0.717, 1.165) is 37.2 Å². The quantitative estimate of drug-likeness (QED) is 0.197. The van der Waals surface area contributed by atoms with Crippen LogP contribution in [0.3, 0.4) is 0 Å². The molecule has 0 aromatic heterocycles. The van der Waals surface area contributed by atoms with Crippen LogP contribution in [0.5, 0.6) is 0 Å². The van der Waals surface area contributed by atoms with Gasteiger partial charge in [-0.15, -0.1) is 0 Å². The summed E-state index contributed by atoms with van der Waals surface area (Å²) in [5, 5.41) is 0. The first-order chi connectivity index (χ1) is 16.8. The van der Waals surface area contributed by atoms with Crippen molar-refractivity contribution in [2.75, 3.05) is 0 Å². The fraction of sp³-hybridized carbons (Fsp3) is 0.226. The van der Waals surface area contributed by atoms with Gasteiger partial charge in [-0.1, -0.05) is 102 Å². The molecule has 2 aliphatic rings. The van der Waals surface area contributed by atoms with Crippen LogP contribution in [0.2, 0.25) is 0 Å². The largest absolute Gasteiger partial charge is 0.0642 e. The predicted molar refractivity (Wildman–Crippen MR) is 161 cm³/mol. The molecule has 176 valence electrons. The van der Waals surface area contributed by atoms with Crippen LogP contribution in [0.15, 0.2) is 90.7 Å². The molecule has 0 atom stereocenters. The molecular formula is C31H24Br4. The standard InChI is InChI=1S/C31H24Br4/c1-3-30(26-13-18(32)5-9-22(26)23-10-6-19(33)14-27(23)30)17-31(4-2)28-15-20(34)7-11-24(28)25-12-8-21(35)16-29(25)31/h5-16H,3-4,17H2,1-2H3. The Morgan fingerprint density at radius 2 is 0.714 bits per heavy atom. The van der Waals surface area contributed by atoms with E-state index in [-0.39, 0.29) is 10.8 Å². The number of benzene rings is 4. The lowest BCUT2D eigenvalue weighted by molar-refractivity contribution is 0.342. The number of fused-ring (bicyclic) bond motifs is 6. The van der Waals surface area contributed by atoms with E-state index < -0.39 is 0 Å². The highest BCUT2D eigenvalue weighted by Gasteiger charge is 2.51. The summed E-state index contributed by atoms with van der Waals surface area (Å²) in [5.41, 5.74) is 11.0. The Labute approximate surface area is 241 Å². The maximum absolute atomic E-state index is 3.80. The molecule has 0 heterocycles. The monoisotopic (exact) mass is 712 g/mol. The lowest BCUT2D eigenvalue weighted by atomic mass is 9.61. The van der Waals surface area contributed by atoms with E-state index in [0.29, 0.717) is 0 Å². The Hall–Kier alpha value is -1.20. The van der Waals surface area contributed by atoms with Crippen LogP contribution < -0.4 is 0 Å². The third-order valence-electron chi connectivity index (χ3n) is 8.38. The van der Waals surface area contributed by atoms with E-state index in [2.05, 4.69) is 150 Å². The number of halogens is 4. The minimum absolute atomic E-state index is 0.0995. The van der Waals surface area contributed by atoms with Gasteiger partial charge < -0.3 is 0 Å². The van der Waals surface area contributed by atoms with Crippen molar-refractivity contribution >= 4 is 63.7 Å². The minimum atomic E-state index is -0.0995. The highest BCUT2D eigenvalue weighted by atomic mass is 79.9. The highest BCUT2D eigenvalue weighted by Crippen LogP contribution is 2.62. The SMILES string of the molecule is CCC1(CC2(CC)c3cc(Br)ccc3-c3ccc(Br)cc32)c2cc(Br)ccc2-c2ccc(Br)cc21. The van der Waals surface area contributed by atoms with Crippen molar-refractivity contribution in [3.8, 4) is 22.3 Å². The van der Waals surface area contributed by atoms with Gasteiger partial charge in [0.25, 0.3) is 0 Å². The molecule has 2 aliphatic carbocycles.